The zero-order chi connectivity index (χ0) is 12.1. The number of carbonyl (C=O) groups is 1. The van der Waals surface area contributed by atoms with Crippen molar-refractivity contribution in [2.45, 2.75) is 19.4 Å². The molecule has 1 rings (SSSR count). The lowest BCUT2D eigenvalue weighted by Gasteiger charge is -2.13. The molecule has 16 heavy (non-hydrogen) atoms. The van der Waals surface area contributed by atoms with Crippen LogP contribution in [0.1, 0.15) is 12.5 Å². The van der Waals surface area contributed by atoms with Crippen LogP contribution >= 0.6 is 23.2 Å². The molecule has 0 aliphatic rings. The average molecular weight is 263 g/mol. The lowest BCUT2D eigenvalue weighted by molar-refractivity contribution is -0.149. The van der Waals surface area contributed by atoms with E-state index in [0.29, 0.717) is 22.2 Å². The minimum atomic E-state index is -0.993. The molecule has 3 nitrogen and oxygen atoms in total. The first-order valence-electron chi connectivity index (χ1n) is 4.83. The van der Waals surface area contributed by atoms with Gasteiger partial charge in [-0.3, -0.25) is 0 Å². The zero-order valence-electron chi connectivity index (χ0n) is 8.74. The van der Waals surface area contributed by atoms with Gasteiger partial charge in [-0.25, -0.2) is 4.79 Å². The lowest BCUT2D eigenvalue weighted by Crippen LogP contribution is -2.26. The summed E-state index contributed by atoms with van der Waals surface area (Å²) in [7, 11) is 0. The summed E-state index contributed by atoms with van der Waals surface area (Å²) in [5.74, 6) is -0.993. The molecule has 1 aromatic carbocycles. The second kappa shape index (κ2) is 6.09. The second-order valence-corrected chi connectivity index (χ2v) is 4.07. The molecule has 0 aromatic heterocycles. The van der Waals surface area contributed by atoms with Gasteiger partial charge in [0.05, 0.1) is 0 Å². The molecule has 1 N–H and O–H groups in total. The van der Waals surface area contributed by atoms with E-state index in [1.54, 1.807) is 25.1 Å². The topological polar surface area (TPSA) is 46.5 Å². The summed E-state index contributed by atoms with van der Waals surface area (Å²) >= 11 is 11.7. The Kier molecular flexibility index (Phi) is 5.06. The fourth-order valence-corrected chi connectivity index (χ4v) is 1.79. The third-order valence-corrected chi connectivity index (χ3v) is 2.65. The Bertz CT molecular complexity index is 379. The first-order valence-corrected chi connectivity index (χ1v) is 5.58. The SMILES string of the molecule is CCOC(Cc1ccc(Cl)cc1Cl)C(=O)O. The van der Waals surface area contributed by atoms with Crippen LogP contribution in [-0.2, 0) is 16.0 Å². The Labute approximate surface area is 104 Å². The summed E-state index contributed by atoms with van der Waals surface area (Å²) in [5, 5.41) is 9.90. The van der Waals surface area contributed by atoms with E-state index in [2.05, 4.69) is 0 Å². The standard InChI is InChI=1S/C11H12Cl2O3/c1-2-16-10(11(14)15)5-7-3-4-8(12)6-9(7)13/h3-4,6,10H,2,5H2,1H3,(H,14,15). The Morgan fingerprint density at radius 2 is 2.19 bits per heavy atom. The quantitative estimate of drug-likeness (QED) is 0.888. The van der Waals surface area contributed by atoms with Gasteiger partial charge in [0, 0.05) is 23.1 Å². The van der Waals surface area contributed by atoms with Gasteiger partial charge < -0.3 is 9.84 Å². The molecule has 1 aromatic rings. The van der Waals surface area contributed by atoms with Gasteiger partial charge in [-0.05, 0) is 24.6 Å². The van der Waals surface area contributed by atoms with Crippen LogP contribution in [-0.4, -0.2) is 23.8 Å². The number of rotatable bonds is 5. The summed E-state index contributed by atoms with van der Waals surface area (Å²) in [5.41, 5.74) is 0.715. The molecule has 0 saturated carbocycles. The molecular formula is C11H12Cl2O3. The molecule has 5 heteroatoms. The van der Waals surface area contributed by atoms with E-state index in [1.807, 2.05) is 0 Å². The van der Waals surface area contributed by atoms with Crippen molar-refractivity contribution in [3.63, 3.8) is 0 Å². The van der Waals surface area contributed by atoms with Gasteiger partial charge in [-0.15, -0.1) is 0 Å². The van der Waals surface area contributed by atoms with E-state index in [-0.39, 0.29) is 6.42 Å². The van der Waals surface area contributed by atoms with Crippen LogP contribution in [0.3, 0.4) is 0 Å². The first-order chi connectivity index (χ1) is 7.54. The van der Waals surface area contributed by atoms with Crippen molar-refractivity contribution in [1.29, 1.82) is 0 Å². The molecule has 0 radical (unpaired) electrons. The number of benzene rings is 1. The highest BCUT2D eigenvalue weighted by atomic mass is 35.5. The monoisotopic (exact) mass is 262 g/mol. The number of halogens is 2. The fourth-order valence-electron chi connectivity index (χ4n) is 1.31. The van der Waals surface area contributed by atoms with Crippen molar-refractivity contribution in [1.82, 2.24) is 0 Å². The van der Waals surface area contributed by atoms with E-state index in [1.165, 1.54) is 0 Å². The number of carboxylic acids is 1. The summed E-state index contributed by atoms with van der Waals surface area (Å²) in [6.45, 7) is 2.10. The van der Waals surface area contributed by atoms with Gasteiger partial charge in [-0.1, -0.05) is 29.3 Å². The number of hydrogen-bond donors (Lipinski definition) is 1. The Morgan fingerprint density at radius 3 is 2.69 bits per heavy atom. The first kappa shape index (κ1) is 13.3. The van der Waals surface area contributed by atoms with E-state index in [4.69, 9.17) is 33.0 Å². The molecule has 0 saturated heterocycles. The predicted molar refractivity (Wildman–Crippen MR) is 63.2 cm³/mol. The number of aliphatic carboxylic acids is 1. The van der Waals surface area contributed by atoms with Crippen LogP contribution < -0.4 is 0 Å². The van der Waals surface area contributed by atoms with Crippen molar-refractivity contribution in [2.75, 3.05) is 6.61 Å². The average Bonchev–Trinajstić information content (AvgIpc) is 2.20. The van der Waals surface area contributed by atoms with Crippen LogP contribution in [0.25, 0.3) is 0 Å². The third kappa shape index (κ3) is 3.67. The van der Waals surface area contributed by atoms with Crippen molar-refractivity contribution in [3.8, 4) is 0 Å². The van der Waals surface area contributed by atoms with E-state index < -0.39 is 12.1 Å². The molecule has 1 unspecified atom stereocenters. The smallest absolute Gasteiger partial charge is 0.333 e. The molecule has 88 valence electrons. The van der Waals surface area contributed by atoms with Gasteiger partial charge in [0.2, 0.25) is 0 Å². The van der Waals surface area contributed by atoms with Crippen LogP contribution in [0.2, 0.25) is 10.0 Å². The molecule has 0 fully saturated rings. The summed E-state index contributed by atoms with van der Waals surface area (Å²) in [6, 6.07) is 4.97. The lowest BCUT2D eigenvalue weighted by atomic mass is 10.1. The normalized spacial score (nSPS) is 12.4. The highest BCUT2D eigenvalue weighted by molar-refractivity contribution is 6.35. The molecule has 0 spiro atoms. The van der Waals surface area contributed by atoms with Crippen molar-refractivity contribution < 1.29 is 14.6 Å². The second-order valence-electron chi connectivity index (χ2n) is 3.22. The van der Waals surface area contributed by atoms with Gasteiger partial charge in [0.25, 0.3) is 0 Å². The van der Waals surface area contributed by atoms with Crippen molar-refractivity contribution in [2.24, 2.45) is 0 Å². The van der Waals surface area contributed by atoms with Crippen molar-refractivity contribution >= 4 is 29.2 Å². The Hall–Kier alpha value is -0.770. The maximum absolute atomic E-state index is 10.9. The van der Waals surface area contributed by atoms with Crippen LogP contribution in [0.4, 0.5) is 0 Å². The largest absolute Gasteiger partial charge is 0.479 e. The van der Waals surface area contributed by atoms with Gasteiger partial charge in [-0.2, -0.15) is 0 Å². The molecule has 0 aliphatic carbocycles. The van der Waals surface area contributed by atoms with E-state index in [0.717, 1.165) is 0 Å². The Balaban J connectivity index is 2.81. The molecule has 0 heterocycles. The van der Waals surface area contributed by atoms with Crippen LogP contribution in [0.15, 0.2) is 18.2 Å². The molecule has 1 atom stereocenters. The fraction of sp³-hybridized carbons (Fsp3) is 0.364. The van der Waals surface area contributed by atoms with Crippen LogP contribution in [0, 0.1) is 0 Å². The van der Waals surface area contributed by atoms with Gasteiger partial charge in [0.15, 0.2) is 6.10 Å². The van der Waals surface area contributed by atoms with Gasteiger partial charge >= 0.3 is 5.97 Å². The highest BCUT2D eigenvalue weighted by Crippen LogP contribution is 2.22. The van der Waals surface area contributed by atoms with Crippen LogP contribution in [0.5, 0.6) is 0 Å². The maximum Gasteiger partial charge on any atom is 0.333 e. The van der Waals surface area contributed by atoms with Gasteiger partial charge in [0.1, 0.15) is 0 Å². The third-order valence-electron chi connectivity index (χ3n) is 2.06. The number of hydrogen-bond acceptors (Lipinski definition) is 2. The van der Waals surface area contributed by atoms with E-state index in [9.17, 15) is 4.79 Å². The zero-order valence-corrected chi connectivity index (χ0v) is 10.3. The molecule has 0 bridgehead atoms. The molecule has 0 aliphatic heterocycles. The molecule has 0 amide bonds. The van der Waals surface area contributed by atoms with Crippen molar-refractivity contribution in [3.05, 3.63) is 33.8 Å². The number of carboxylic acid groups (broad SMARTS) is 1. The minimum Gasteiger partial charge on any atom is -0.479 e. The summed E-state index contributed by atoms with van der Waals surface area (Å²) in [4.78, 5) is 10.9. The maximum atomic E-state index is 10.9. The minimum absolute atomic E-state index is 0.235. The predicted octanol–water partition coefficient (Wildman–Crippen LogP) is 3.03. The summed E-state index contributed by atoms with van der Waals surface area (Å²) < 4.78 is 5.10. The number of ether oxygens (including phenoxy) is 1. The van der Waals surface area contributed by atoms with E-state index >= 15 is 0 Å². The highest BCUT2D eigenvalue weighted by Gasteiger charge is 2.19. The molecular weight excluding hydrogens is 251 g/mol. The summed E-state index contributed by atoms with van der Waals surface area (Å²) in [6.07, 6.45) is -0.636. The Morgan fingerprint density at radius 1 is 1.50 bits per heavy atom.